The van der Waals surface area contributed by atoms with Gasteiger partial charge in [-0.15, -0.1) is 11.3 Å². The number of carbonyl (C=O) groups is 2. The number of esters is 1. The zero-order valence-electron chi connectivity index (χ0n) is 21.1. The van der Waals surface area contributed by atoms with Crippen molar-refractivity contribution in [3.63, 3.8) is 0 Å². The molecule has 2 aliphatic rings. The molecule has 1 amide bonds. The normalized spacial score (nSPS) is 18.9. The van der Waals surface area contributed by atoms with E-state index in [4.69, 9.17) is 9.47 Å². The summed E-state index contributed by atoms with van der Waals surface area (Å²) in [6, 6.07) is 14.2. The molecule has 1 aliphatic carbocycles. The molecule has 2 atom stereocenters. The fourth-order valence-electron chi connectivity index (χ4n) is 4.99. The molecule has 1 aromatic heterocycles. The minimum absolute atomic E-state index is 0.0435. The zero-order chi connectivity index (χ0) is 25.4. The molecule has 1 aliphatic heterocycles. The second-order valence-corrected chi connectivity index (χ2v) is 11.6. The van der Waals surface area contributed by atoms with E-state index >= 15 is 0 Å². The number of hydrogen-bond acceptors (Lipinski definition) is 6. The molecule has 188 valence electrons. The first kappa shape index (κ1) is 24.4. The summed E-state index contributed by atoms with van der Waals surface area (Å²) in [7, 11) is 0. The first-order chi connectivity index (χ1) is 17.2. The maximum absolute atomic E-state index is 13.2. The molecule has 0 fully saturated rings. The Hall–Kier alpha value is -3.32. The van der Waals surface area contributed by atoms with Gasteiger partial charge in [0.1, 0.15) is 11.2 Å². The van der Waals surface area contributed by atoms with Crippen molar-refractivity contribution in [2.75, 3.05) is 11.9 Å². The van der Waals surface area contributed by atoms with Crippen molar-refractivity contribution >= 4 is 28.2 Å². The first-order valence-electron chi connectivity index (χ1n) is 12.5. The predicted molar refractivity (Wildman–Crippen MR) is 142 cm³/mol. The summed E-state index contributed by atoms with van der Waals surface area (Å²) in [6.45, 7) is 9.19. The molecule has 2 aromatic carbocycles. The van der Waals surface area contributed by atoms with Gasteiger partial charge in [-0.05, 0) is 72.9 Å². The zero-order valence-corrected chi connectivity index (χ0v) is 22.0. The summed E-state index contributed by atoms with van der Waals surface area (Å²) in [5.74, 6) is 0.925. The minimum Gasteiger partial charge on any atom is -0.490 e. The van der Waals surface area contributed by atoms with Crippen LogP contribution in [0, 0.1) is 11.3 Å². The highest BCUT2D eigenvalue weighted by Gasteiger charge is 2.36. The van der Waals surface area contributed by atoms with E-state index in [0.29, 0.717) is 29.6 Å². The number of fused-ring (bicyclic) bond motifs is 3. The summed E-state index contributed by atoms with van der Waals surface area (Å²) >= 11 is 1.71. The van der Waals surface area contributed by atoms with Crippen LogP contribution in [0.3, 0.4) is 0 Å². The Morgan fingerprint density at radius 3 is 2.58 bits per heavy atom. The van der Waals surface area contributed by atoms with Gasteiger partial charge in [0.05, 0.1) is 17.7 Å². The number of carbonyl (C=O) groups excluding carboxylic acids is 2. The number of anilines is 1. The summed E-state index contributed by atoms with van der Waals surface area (Å²) in [4.78, 5) is 27.1. The van der Waals surface area contributed by atoms with Crippen molar-refractivity contribution in [3.05, 3.63) is 75.7 Å². The lowest BCUT2D eigenvalue weighted by atomic mass is 9.72. The third kappa shape index (κ3) is 4.72. The van der Waals surface area contributed by atoms with Crippen LogP contribution in [0.1, 0.15) is 77.0 Å². The van der Waals surface area contributed by atoms with Gasteiger partial charge in [-0.1, -0.05) is 45.0 Å². The molecule has 0 saturated carbocycles. The Labute approximate surface area is 216 Å². The van der Waals surface area contributed by atoms with E-state index < -0.39 is 12.1 Å². The van der Waals surface area contributed by atoms with Gasteiger partial charge in [0.25, 0.3) is 5.91 Å². The number of nitrogens with one attached hydrogen (secondary N) is 2. The van der Waals surface area contributed by atoms with Crippen LogP contribution < -0.4 is 20.1 Å². The van der Waals surface area contributed by atoms with E-state index in [0.717, 1.165) is 35.4 Å². The van der Waals surface area contributed by atoms with Gasteiger partial charge in [0.2, 0.25) is 0 Å². The standard InChI is InChI=1S/C29H32N2O4S/c1-5-34-22-15-18(11-14-21(22)35-28(33)17-9-7-6-8-10-17)25-30-26(32)24-20-13-12-19(29(2,3)4)16-23(20)36-27(24)31-25/h6-11,14-15,19,25,31H,5,12-13,16H2,1-4H3,(H,30,32). The second-order valence-electron chi connectivity index (χ2n) is 10.5. The van der Waals surface area contributed by atoms with Crippen LogP contribution in [-0.2, 0) is 12.8 Å². The first-order valence-corrected chi connectivity index (χ1v) is 13.3. The molecule has 3 aromatic rings. The van der Waals surface area contributed by atoms with Gasteiger partial charge in [-0.2, -0.15) is 0 Å². The van der Waals surface area contributed by atoms with E-state index in [1.54, 1.807) is 41.7 Å². The smallest absolute Gasteiger partial charge is 0.343 e. The molecular weight excluding hydrogens is 472 g/mol. The molecular formula is C29H32N2O4S. The maximum atomic E-state index is 13.2. The quantitative estimate of drug-likeness (QED) is 0.312. The molecule has 7 heteroatoms. The van der Waals surface area contributed by atoms with Gasteiger partial charge in [-0.3, -0.25) is 4.79 Å². The van der Waals surface area contributed by atoms with Crippen molar-refractivity contribution in [2.45, 2.75) is 53.1 Å². The summed E-state index contributed by atoms with van der Waals surface area (Å²) in [5.41, 5.74) is 3.56. The molecule has 5 rings (SSSR count). The fourth-order valence-corrected chi connectivity index (χ4v) is 6.35. The molecule has 2 heterocycles. The number of amides is 1. The predicted octanol–water partition coefficient (Wildman–Crippen LogP) is 6.37. The van der Waals surface area contributed by atoms with Gasteiger partial charge < -0.3 is 20.1 Å². The van der Waals surface area contributed by atoms with Crippen molar-refractivity contribution in [2.24, 2.45) is 11.3 Å². The number of ether oxygens (including phenoxy) is 2. The molecule has 2 unspecified atom stereocenters. The average Bonchev–Trinajstić information content (AvgIpc) is 3.23. The van der Waals surface area contributed by atoms with Crippen LogP contribution in [0.25, 0.3) is 0 Å². The minimum atomic E-state index is -0.448. The third-order valence-corrected chi connectivity index (χ3v) is 8.27. The topological polar surface area (TPSA) is 76.7 Å². The summed E-state index contributed by atoms with van der Waals surface area (Å²) < 4.78 is 11.4. The van der Waals surface area contributed by atoms with Crippen molar-refractivity contribution in [1.29, 1.82) is 0 Å². The Kier molecular flexibility index (Phi) is 6.51. The highest BCUT2D eigenvalue weighted by molar-refractivity contribution is 7.16. The van der Waals surface area contributed by atoms with E-state index in [-0.39, 0.29) is 11.3 Å². The van der Waals surface area contributed by atoms with Gasteiger partial charge >= 0.3 is 5.97 Å². The Bertz CT molecular complexity index is 1290. The largest absolute Gasteiger partial charge is 0.490 e. The SMILES string of the molecule is CCOc1cc(C2NC(=O)c3c(sc4c3CCC(C(C)(C)C)C4)N2)ccc1OC(=O)c1ccccc1. The van der Waals surface area contributed by atoms with Gasteiger partial charge in [-0.25, -0.2) is 4.79 Å². The monoisotopic (exact) mass is 504 g/mol. The summed E-state index contributed by atoms with van der Waals surface area (Å²) in [5, 5.41) is 7.58. The van der Waals surface area contributed by atoms with Crippen LogP contribution in [-0.4, -0.2) is 18.5 Å². The third-order valence-electron chi connectivity index (χ3n) is 7.08. The fraction of sp³-hybridized carbons (Fsp3) is 0.379. The van der Waals surface area contributed by atoms with Crippen LogP contribution in [0.4, 0.5) is 5.00 Å². The van der Waals surface area contributed by atoms with Crippen molar-refractivity contribution < 1.29 is 19.1 Å². The van der Waals surface area contributed by atoms with Gasteiger partial charge in [0, 0.05) is 4.88 Å². The van der Waals surface area contributed by atoms with Crippen LogP contribution in [0.15, 0.2) is 48.5 Å². The lowest BCUT2D eigenvalue weighted by Crippen LogP contribution is -2.38. The molecule has 6 nitrogen and oxygen atoms in total. The van der Waals surface area contributed by atoms with E-state index in [9.17, 15) is 9.59 Å². The second kappa shape index (κ2) is 9.62. The number of thiophene rings is 1. The maximum Gasteiger partial charge on any atom is 0.343 e. The Morgan fingerprint density at radius 2 is 1.86 bits per heavy atom. The molecule has 2 N–H and O–H groups in total. The lowest BCUT2D eigenvalue weighted by Gasteiger charge is -2.34. The Morgan fingerprint density at radius 1 is 1.08 bits per heavy atom. The molecule has 0 spiro atoms. The summed E-state index contributed by atoms with van der Waals surface area (Å²) in [6.07, 6.45) is 2.67. The molecule has 0 saturated heterocycles. The molecule has 0 radical (unpaired) electrons. The highest BCUT2D eigenvalue weighted by Crippen LogP contribution is 2.46. The van der Waals surface area contributed by atoms with Crippen molar-refractivity contribution in [3.8, 4) is 11.5 Å². The van der Waals surface area contributed by atoms with Crippen molar-refractivity contribution in [1.82, 2.24) is 5.32 Å². The lowest BCUT2D eigenvalue weighted by molar-refractivity contribution is 0.0728. The Balaban J connectivity index is 1.38. The molecule has 0 bridgehead atoms. The van der Waals surface area contributed by atoms with E-state index in [1.807, 2.05) is 25.1 Å². The molecule has 36 heavy (non-hydrogen) atoms. The van der Waals surface area contributed by atoms with E-state index in [2.05, 4.69) is 31.4 Å². The number of rotatable bonds is 5. The highest BCUT2D eigenvalue weighted by atomic mass is 32.1. The van der Waals surface area contributed by atoms with Crippen LogP contribution in [0.2, 0.25) is 0 Å². The van der Waals surface area contributed by atoms with Crippen LogP contribution >= 0.6 is 11.3 Å². The van der Waals surface area contributed by atoms with Gasteiger partial charge in [0.15, 0.2) is 11.5 Å². The number of benzene rings is 2. The average molecular weight is 505 g/mol. The van der Waals surface area contributed by atoms with Crippen LogP contribution in [0.5, 0.6) is 11.5 Å². The van der Waals surface area contributed by atoms with E-state index in [1.165, 1.54) is 10.4 Å². The number of hydrogen-bond donors (Lipinski definition) is 2.